The van der Waals surface area contributed by atoms with Crippen LogP contribution in [-0.4, -0.2) is 20.3 Å². The molecule has 0 fully saturated rings. The maximum Gasteiger partial charge on any atom is 0.0982 e. The van der Waals surface area contributed by atoms with Gasteiger partial charge in [0.05, 0.1) is 40.2 Å². The third-order valence-electron chi connectivity index (χ3n) is 3.95. The number of aromatic nitrogens is 3. The topological polar surface area (TPSA) is 42.5 Å². The van der Waals surface area contributed by atoms with E-state index in [4.69, 9.17) is 4.99 Å². The molecule has 1 aliphatic heterocycles. The Bertz CT molecular complexity index is 959. The lowest BCUT2D eigenvalue weighted by atomic mass is 9.95. The van der Waals surface area contributed by atoms with Crippen LogP contribution in [0.1, 0.15) is 11.6 Å². The Balaban J connectivity index is 2.03. The van der Waals surface area contributed by atoms with Gasteiger partial charge in [-0.2, -0.15) is 5.10 Å². The Morgan fingerprint density at radius 3 is 3.10 bits per heavy atom. The van der Waals surface area contributed by atoms with Gasteiger partial charge in [0.25, 0.3) is 0 Å². The minimum Gasteiger partial charge on any atom is -0.254 e. The molecular formula is C16H10N4. The largest absolute Gasteiger partial charge is 0.254 e. The van der Waals surface area contributed by atoms with Gasteiger partial charge in [-0.25, -0.2) is 9.51 Å². The van der Waals surface area contributed by atoms with Gasteiger partial charge in [-0.3, -0.25) is 4.98 Å². The van der Waals surface area contributed by atoms with Crippen LogP contribution in [0.4, 0.5) is 5.69 Å². The molecule has 0 spiro atoms. The van der Waals surface area contributed by atoms with Crippen LogP contribution in [0.15, 0.2) is 59.9 Å². The molecular weight excluding hydrogens is 248 g/mol. The van der Waals surface area contributed by atoms with Crippen LogP contribution >= 0.6 is 0 Å². The van der Waals surface area contributed by atoms with Gasteiger partial charge >= 0.3 is 0 Å². The summed E-state index contributed by atoms with van der Waals surface area (Å²) in [4.78, 5) is 9.32. The molecule has 4 nitrogen and oxygen atoms in total. The van der Waals surface area contributed by atoms with Crippen molar-refractivity contribution in [1.82, 2.24) is 14.6 Å². The fourth-order valence-electron chi connectivity index (χ4n) is 3.11. The second kappa shape index (κ2) is 3.42. The number of aliphatic imine (C=N–C) groups is 1. The van der Waals surface area contributed by atoms with Gasteiger partial charge in [0.2, 0.25) is 0 Å². The van der Waals surface area contributed by atoms with Crippen molar-refractivity contribution in [3.8, 4) is 0 Å². The van der Waals surface area contributed by atoms with Gasteiger partial charge in [-0.15, -0.1) is 0 Å². The number of nitrogens with zero attached hydrogens (tertiary/aromatic N) is 4. The van der Waals surface area contributed by atoms with E-state index in [0.29, 0.717) is 0 Å². The molecule has 4 heteroatoms. The van der Waals surface area contributed by atoms with Gasteiger partial charge in [0.1, 0.15) is 0 Å². The summed E-state index contributed by atoms with van der Waals surface area (Å²) in [5, 5.41) is 5.57. The first kappa shape index (κ1) is 10.1. The van der Waals surface area contributed by atoms with Crippen LogP contribution in [0.3, 0.4) is 0 Å². The van der Waals surface area contributed by atoms with E-state index in [-0.39, 0.29) is 5.92 Å². The van der Waals surface area contributed by atoms with E-state index in [1.165, 1.54) is 0 Å². The summed E-state index contributed by atoms with van der Waals surface area (Å²) in [6, 6.07) is 6.06. The summed E-state index contributed by atoms with van der Waals surface area (Å²) in [6.45, 7) is 0. The van der Waals surface area contributed by atoms with Crippen LogP contribution in [0.25, 0.3) is 16.4 Å². The first-order valence-corrected chi connectivity index (χ1v) is 6.61. The smallest absolute Gasteiger partial charge is 0.0982 e. The van der Waals surface area contributed by atoms with Crippen molar-refractivity contribution < 1.29 is 0 Å². The number of pyridine rings is 2. The monoisotopic (exact) mass is 258 g/mol. The number of fused-ring (bicyclic) bond motifs is 8. The van der Waals surface area contributed by atoms with Crippen LogP contribution in [-0.2, 0) is 0 Å². The summed E-state index contributed by atoms with van der Waals surface area (Å²) in [6.07, 6.45) is 12.0. The van der Waals surface area contributed by atoms with Gasteiger partial charge in [-0.1, -0.05) is 18.2 Å². The normalized spacial score (nSPS) is 19.4. The van der Waals surface area contributed by atoms with Crippen molar-refractivity contribution in [1.29, 1.82) is 0 Å². The number of rotatable bonds is 0. The molecule has 0 aromatic carbocycles. The van der Waals surface area contributed by atoms with Crippen LogP contribution < -0.4 is 0 Å². The van der Waals surface area contributed by atoms with E-state index < -0.39 is 0 Å². The van der Waals surface area contributed by atoms with Crippen LogP contribution in [0.5, 0.6) is 0 Å². The van der Waals surface area contributed by atoms with Crippen molar-refractivity contribution >= 4 is 27.8 Å². The van der Waals surface area contributed by atoms with Crippen molar-refractivity contribution in [3.05, 3.63) is 60.6 Å². The SMILES string of the molecule is C1=CC2=Nc3c(n4nccc4c4ncccc34)C2C=C1. The van der Waals surface area contributed by atoms with E-state index in [1.54, 1.807) is 0 Å². The summed E-state index contributed by atoms with van der Waals surface area (Å²) in [5.41, 5.74) is 5.22. The third-order valence-corrected chi connectivity index (χ3v) is 3.95. The van der Waals surface area contributed by atoms with Crippen molar-refractivity contribution in [2.24, 2.45) is 4.99 Å². The Morgan fingerprint density at radius 1 is 1.10 bits per heavy atom. The highest BCUT2D eigenvalue weighted by Gasteiger charge is 2.30. The molecule has 0 amide bonds. The summed E-state index contributed by atoms with van der Waals surface area (Å²) >= 11 is 0. The van der Waals surface area contributed by atoms with Gasteiger partial charge in [0.15, 0.2) is 0 Å². The quantitative estimate of drug-likeness (QED) is 0.621. The van der Waals surface area contributed by atoms with Crippen LogP contribution in [0.2, 0.25) is 0 Å². The average Bonchev–Trinajstić information content (AvgIpc) is 3.11. The zero-order chi connectivity index (χ0) is 13.1. The molecule has 1 atom stereocenters. The summed E-state index contributed by atoms with van der Waals surface area (Å²) in [5.74, 6) is 0.196. The van der Waals surface area contributed by atoms with E-state index in [2.05, 4.69) is 34.4 Å². The molecule has 4 heterocycles. The maximum atomic E-state index is 4.81. The fraction of sp³-hybridized carbons (Fsp3) is 0.0625. The number of hydrogen-bond acceptors (Lipinski definition) is 3. The molecule has 0 radical (unpaired) electrons. The van der Waals surface area contributed by atoms with E-state index in [1.807, 2.05) is 35.1 Å². The Morgan fingerprint density at radius 2 is 2.10 bits per heavy atom. The van der Waals surface area contributed by atoms with E-state index in [0.717, 1.165) is 33.5 Å². The lowest BCUT2D eigenvalue weighted by Crippen LogP contribution is -2.09. The van der Waals surface area contributed by atoms with Crippen molar-refractivity contribution in [2.75, 3.05) is 0 Å². The van der Waals surface area contributed by atoms with Crippen LogP contribution in [0, 0.1) is 0 Å². The van der Waals surface area contributed by atoms with Gasteiger partial charge in [0, 0.05) is 11.6 Å². The predicted molar refractivity (Wildman–Crippen MR) is 78.6 cm³/mol. The lowest BCUT2D eigenvalue weighted by molar-refractivity contribution is 0.881. The van der Waals surface area contributed by atoms with E-state index in [9.17, 15) is 0 Å². The number of hydrogen-bond donors (Lipinski definition) is 0. The zero-order valence-electron chi connectivity index (χ0n) is 10.6. The maximum absolute atomic E-state index is 4.81. The Hall–Kier alpha value is -2.75. The second-order valence-corrected chi connectivity index (χ2v) is 5.02. The minimum absolute atomic E-state index is 0.196. The first-order valence-electron chi connectivity index (χ1n) is 6.61. The number of allylic oxidation sites excluding steroid dienone is 4. The van der Waals surface area contributed by atoms with Gasteiger partial charge < -0.3 is 0 Å². The second-order valence-electron chi connectivity index (χ2n) is 5.02. The molecule has 1 aliphatic carbocycles. The highest BCUT2D eigenvalue weighted by Crippen LogP contribution is 2.43. The standard InChI is InChI=1S/C16H10N4/c1-2-6-12-10(4-1)16-15(19-12)11-5-3-8-17-14(11)13-7-9-18-20(13)16/h1-10H. The Labute approximate surface area is 114 Å². The summed E-state index contributed by atoms with van der Waals surface area (Å²) in [7, 11) is 0. The van der Waals surface area contributed by atoms with Crippen molar-refractivity contribution in [3.63, 3.8) is 0 Å². The molecule has 0 saturated heterocycles. The molecule has 94 valence electrons. The zero-order valence-corrected chi connectivity index (χ0v) is 10.6. The lowest BCUT2D eigenvalue weighted by Gasteiger charge is -2.13. The third kappa shape index (κ3) is 1.09. The highest BCUT2D eigenvalue weighted by atomic mass is 15.2. The molecule has 0 N–H and O–H groups in total. The van der Waals surface area contributed by atoms with E-state index >= 15 is 0 Å². The highest BCUT2D eigenvalue weighted by molar-refractivity contribution is 6.13. The van der Waals surface area contributed by atoms with Crippen molar-refractivity contribution in [2.45, 2.75) is 5.92 Å². The minimum atomic E-state index is 0.196. The molecule has 2 aliphatic rings. The first-order chi connectivity index (χ1) is 9.93. The van der Waals surface area contributed by atoms with Gasteiger partial charge in [-0.05, 0) is 24.3 Å². The molecule has 20 heavy (non-hydrogen) atoms. The molecule has 0 saturated carbocycles. The Kier molecular flexibility index (Phi) is 1.72. The summed E-state index contributed by atoms with van der Waals surface area (Å²) < 4.78 is 1.98. The molecule has 1 unspecified atom stereocenters. The molecule has 5 rings (SSSR count). The predicted octanol–water partition coefficient (Wildman–Crippen LogP) is 3.18. The molecule has 3 aromatic rings. The molecule has 3 aromatic heterocycles. The molecule has 0 bridgehead atoms. The average molecular weight is 258 g/mol. The fourth-order valence-corrected chi connectivity index (χ4v) is 3.11.